The molecule has 0 saturated carbocycles. The van der Waals surface area contributed by atoms with E-state index in [9.17, 15) is 13.2 Å². The van der Waals surface area contributed by atoms with Crippen LogP contribution >= 0.6 is 0 Å². The number of amides is 1. The molecule has 0 aliphatic rings. The third-order valence-corrected chi connectivity index (χ3v) is 6.70. The molecule has 1 N–H and O–H groups in total. The molecule has 2 rings (SSSR count). The smallest absolute Gasteiger partial charge is 0.243 e. The van der Waals surface area contributed by atoms with E-state index in [2.05, 4.69) is 19.2 Å². The van der Waals surface area contributed by atoms with Crippen LogP contribution in [0.25, 0.3) is 0 Å². The van der Waals surface area contributed by atoms with Gasteiger partial charge in [-0.25, -0.2) is 8.42 Å². The largest absolute Gasteiger partial charge is 0.326 e. The average molecular weight is 417 g/mol. The van der Waals surface area contributed by atoms with E-state index < -0.39 is 10.0 Å². The van der Waals surface area contributed by atoms with E-state index in [0.29, 0.717) is 18.8 Å². The number of anilines is 1. The summed E-state index contributed by atoms with van der Waals surface area (Å²) in [5, 5.41) is 2.83. The van der Waals surface area contributed by atoms with E-state index in [1.807, 2.05) is 31.2 Å². The summed E-state index contributed by atoms with van der Waals surface area (Å²) in [4.78, 5) is 12.5. The van der Waals surface area contributed by atoms with Crippen LogP contribution in [0.15, 0.2) is 53.4 Å². The first-order chi connectivity index (χ1) is 13.9. The molecule has 0 heterocycles. The minimum Gasteiger partial charge on any atom is -0.326 e. The van der Waals surface area contributed by atoms with Crippen molar-refractivity contribution >= 4 is 21.6 Å². The van der Waals surface area contributed by atoms with Gasteiger partial charge in [-0.15, -0.1) is 0 Å². The Morgan fingerprint density at radius 1 is 0.897 bits per heavy atom. The maximum absolute atomic E-state index is 13.0. The first kappa shape index (κ1) is 23.1. The van der Waals surface area contributed by atoms with Crippen molar-refractivity contribution in [3.8, 4) is 0 Å². The zero-order valence-electron chi connectivity index (χ0n) is 17.6. The lowest BCUT2D eigenvalue weighted by Gasteiger charge is -2.22. The van der Waals surface area contributed by atoms with Gasteiger partial charge in [0.05, 0.1) is 11.3 Å². The molecule has 5 nitrogen and oxygen atoms in total. The van der Waals surface area contributed by atoms with Gasteiger partial charge in [-0.2, -0.15) is 4.31 Å². The van der Waals surface area contributed by atoms with Gasteiger partial charge in [0, 0.05) is 18.8 Å². The molecule has 0 unspecified atom stereocenters. The molecule has 0 spiro atoms. The Morgan fingerprint density at radius 3 is 1.97 bits per heavy atom. The normalized spacial score (nSPS) is 11.6. The van der Waals surface area contributed by atoms with Gasteiger partial charge in [-0.05, 0) is 49.6 Å². The molecule has 6 heteroatoms. The van der Waals surface area contributed by atoms with Crippen LogP contribution in [0.3, 0.4) is 0 Å². The molecule has 0 aliphatic heterocycles. The zero-order chi connectivity index (χ0) is 21.3. The number of aryl methyl sites for hydroxylation is 1. The highest BCUT2D eigenvalue weighted by Gasteiger charge is 2.23. The Bertz CT molecular complexity index is 867. The third-order valence-electron chi connectivity index (χ3n) is 4.78. The van der Waals surface area contributed by atoms with E-state index in [1.54, 1.807) is 28.6 Å². The number of unbranched alkanes of at least 4 members (excludes halogenated alkanes) is 2. The monoisotopic (exact) mass is 416 g/mol. The van der Waals surface area contributed by atoms with Gasteiger partial charge in [0.1, 0.15) is 0 Å². The molecule has 29 heavy (non-hydrogen) atoms. The lowest BCUT2D eigenvalue weighted by atomic mass is 10.1. The van der Waals surface area contributed by atoms with Gasteiger partial charge in [0.2, 0.25) is 15.9 Å². The number of carbonyl (C=O) groups is 1. The number of hydrogen-bond donors (Lipinski definition) is 1. The van der Waals surface area contributed by atoms with Crippen LogP contribution in [0.4, 0.5) is 5.69 Å². The highest BCUT2D eigenvalue weighted by atomic mass is 32.2. The Labute approximate surface area is 175 Å². The van der Waals surface area contributed by atoms with Crippen molar-refractivity contribution in [3.63, 3.8) is 0 Å². The Kier molecular flexibility index (Phi) is 8.86. The van der Waals surface area contributed by atoms with Gasteiger partial charge in [0.25, 0.3) is 0 Å². The van der Waals surface area contributed by atoms with E-state index in [1.165, 1.54) is 0 Å². The molecule has 2 aromatic carbocycles. The van der Waals surface area contributed by atoms with Crippen molar-refractivity contribution in [1.29, 1.82) is 0 Å². The molecule has 0 bridgehead atoms. The van der Waals surface area contributed by atoms with Crippen LogP contribution in [-0.4, -0.2) is 31.7 Å². The van der Waals surface area contributed by atoms with Crippen molar-refractivity contribution in [1.82, 2.24) is 4.31 Å². The predicted molar refractivity (Wildman–Crippen MR) is 119 cm³/mol. The highest BCUT2D eigenvalue weighted by Crippen LogP contribution is 2.20. The second-order valence-electron chi connectivity index (χ2n) is 7.35. The SMILES string of the molecule is CCCCN(CCCC)S(=O)(=O)c1ccc(NC(=O)Cc2ccc(C)cc2)cc1. The maximum Gasteiger partial charge on any atom is 0.243 e. The van der Waals surface area contributed by atoms with Gasteiger partial charge in [-0.3, -0.25) is 4.79 Å². The van der Waals surface area contributed by atoms with E-state index in [0.717, 1.165) is 36.8 Å². The molecule has 0 saturated heterocycles. The van der Waals surface area contributed by atoms with Crippen LogP contribution < -0.4 is 5.32 Å². The minimum atomic E-state index is -3.52. The first-order valence-electron chi connectivity index (χ1n) is 10.3. The fourth-order valence-corrected chi connectivity index (χ4v) is 4.49. The number of benzene rings is 2. The van der Waals surface area contributed by atoms with Crippen LogP contribution in [0, 0.1) is 6.92 Å². The van der Waals surface area contributed by atoms with Crippen molar-refractivity contribution in [2.45, 2.75) is 57.8 Å². The first-order valence-corrected chi connectivity index (χ1v) is 11.8. The Hall–Kier alpha value is -2.18. The maximum atomic E-state index is 13.0. The topological polar surface area (TPSA) is 66.5 Å². The molecule has 0 atom stereocenters. The van der Waals surface area contributed by atoms with Gasteiger partial charge in [0.15, 0.2) is 0 Å². The molecule has 2 aromatic rings. The van der Waals surface area contributed by atoms with Crippen LogP contribution in [-0.2, 0) is 21.2 Å². The number of hydrogen-bond acceptors (Lipinski definition) is 3. The number of nitrogens with zero attached hydrogens (tertiary/aromatic N) is 1. The molecule has 158 valence electrons. The molecule has 1 amide bonds. The molecule has 0 aromatic heterocycles. The number of nitrogens with one attached hydrogen (secondary N) is 1. The molecule has 0 fully saturated rings. The van der Waals surface area contributed by atoms with Crippen molar-refractivity contribution in [3.05, 3.63) is 59.7 Å². The average Bonchev–Trinajstić information content (AvgIpc) is 2.70. The second-order valence-corrected chi connectivity index (χ2v) is 9.28. The fourth-order valence-electron chi connectivity index (χ4n) is 2.98. The quantitative estimate of drug-likeness (QED) is 0.574. The predicted octanol–water partition coefficient (Wildman–Crippen LogP) is 4.77. The minimum absolute atomic E-state index is 0.128. The standard InChI is InChI=1S/C23H32N2O3S/c1-4-6-16-25(17-7-5-2)29(27,28)22-14-12-21(13-15-22)24-23(26)18-20-10-8-19(3)9-11-20/h8-15H,4-7,16-18H2,1-3H3,(H,24,26). The summed E-state index contributed by atoms with van der Waals surface area (Å²) < 4.78 is 27.5. The third kappa shape index (κ3) is 6.98. The van der Waals surface area contributed by atoms with E-state index in [-0.39, 0.29) is 17.2 Å². The van der Waals surface area contributed by atoms with Gasteiger partial charge < -0.3 is 5.32 Å². The van der Waals surface area contributed by atoms with Crippen LogP contribution in [0.5, 0.6) is 0 Å². The summed E-state index contributed by atoms with van der Waals surface area (Å²) in [5.74, 6) is -0.128. The van der Waals surface area contributed by atoms with Crippen LogP contribution in [0.1, 0.15) is 50.7 Å². The van der Waals surface area contributed by atoms with E-state index >= 15 is 0 Å². The number of carbonyl (C=O) groups excluding carboxylic acids is 1. The molecule has 0 radical (unpaired) electrons. The highest BCUT2D eigenvalue weighted by molar-refractivity contribution is 7.89. The van der Waals surface area contributed by atoms with Crippen molar-refractivity contribution < 1.29 is 13.2 Å². The molecular formula is C23H32N2O3S. The Morgan fingerprint density at radius 2 is 1.45 bits per heavy atom. The number of sulfonamides is 1. The summed E-state index contributed by atoms with van der Waals surface area (Å²) >= 11 is 0. The van der Waals surface area contributed by atoms with Crippen molar-refractivity contribution in [2.24, 2.45) is 0 Å². The fraction of sp³-hybridized carbons (Fsp3) is 0.435. The van der Waals surface area contributed by atoms with E-state index in [4.69, 9.17) is 0 Å². The van der Waals surface area contributed by atoms with Gasteiger partial charge >= 0.3 is 0 Å². The van der Waals surface area contributed by atoms with Gasteiger partial charge in [-0.1, -0.05) is 56.5 Å². The number of rotatable bonds is 11. The summed E-state index contributed by atoms with van der Waals surface area (Å²) in [6.45, 7) is 7.18. The summed E-state index contributed by atoms with van der Waals surface area (Å²) in [6, 6.07) is 14.3. The lowest BCUT2D eigenvalue weighted by molar-refractivity contribution is -0.115. The summed E-state index contributed by atoms with van der Waals surface area (Å²) in [7, 11) is -3.52. The zero-order valence-corrected chi connectivity index (χ0v) is 18.5. The Balaban J connectivity index is 2.05. The second kappa shape index (κ2) is 11.1. The molecule has 0 aliphatic carbocycles. The van der Waals surface area contributed by atoms with Crippen molar-refractivity contribution in [2.75, 3.05) is 18.4 Å². The molecular weight excluding hydrogens is 384 g/mol. The summed E-state index contributed by atoms with van der Waals surface area (Å²) in [6.07, 6.45) is 3.86. The lowest BCUT2D eigenvalue weighted by Crippen LogP contribution is -2.33. The van der Waals surface area contributed by atoms with Crippen LogP contribution in [0.2, 0.25) is 0 Å². The summed E-state index contributed by atoms with van der Waals surface area (Å²) in [5.41, 5.74) is 2.68.